The highest BCUT2D eigenvalue weighted by molar-refractivity contribution is 6.37. The Morgan fingerprint density at radius 3 is 2.47 bits per heavy atom. The van der Waals surface area contributed by atoms with Gasteiger partial charge in [-0.05, 0) is 45.2 Å². The molecule has 0 unspecified atom stereocenters. The molecule has 36 heavy (non-hydrogen) atoms. The van der Waals surface area contributed by atoms with Crippen molar-refractivity contribution in [3.8, 4) is 11.5 Å². The van der Waals surface area contributed by atoms with Gasteiger partial charge in [-0.2, -0.15) is 0 Å². The van der Waals surface area contributed by atoms with Crippen LogP contribution in [0.1, 0.15) is 39.2 Å². The average molecular weight is 508 g/mol. The number of hydrogen-bond donors (Lipinski definition) is 0. The molecule has 0 spiro atoms. The number of fused-ring (bicyclic) bond motifs is 3. The molecule has 188 valence electrons. The van der Waals surface area contributed by atoms with Gasteiger partial charge in [0, 0.05) is 24.5 Å². The van der Waals surface area contributed by atoms with Gasteiger partial charge in [-0.15, -0.1) is 0 Å². The standard InChI is InChI=1S/C28H30ClN3O4/c1-28(2,3)36-27(33)32-21-15-23(35-17-18-10-6-5-7-11-18)22(34-4)14-19(21)24-25(32)20(29)16-30-26(24)31-12-8-9-13-31/h5-7,10-11,14-16H,8-9,12-13,17H2,1-4H3. The first-order valence-corrected chi connectivity index (χ1v) is 12.5. The van der Waals surface area contributed by atoms with Crippen LogP contribution in [0.15, 0.2) is 48.7 Å². The zero-order valence-corrected chi connectivity index (χ0v) is 21.8. The summed E-state index contributed by atoms with van der Waals surface area (Å²) in [5.41, 5.74) is 1.53. The van der Waals surface area contributed by atoms with Crippen LogP contribution >= 0.6 is 11.6 Å². The van der Waals surface area contributed by atoms with Gasteiger partial charge in [0.05, 0.1) is 34.7 Å². The SMILES string of the molecule is COc1cc2c3c(N4CCCC4)ncc(Cl)c3n(C(=O)OC(C)(C)C)c2cc1OCc1ccccc1. The van der Waals surface area contributed by atoms with Crippen LogP contribution < -0.4 is 14.4 Å². The van der Waals surface area contributed by atoms with Gasteiger partial charge in [0.2, 0.25) is 0 Å². The van der Waals surface area contributed by atoms with Gasteiger partial charge < -0.3 is 19.1 Å². The van der Waals surface area contributed by atoms with Crippen molar-refractivity contribution >= 4 is 45.3 Å². The van der Waals surface area contributed by atoms with E-state index in [1.165, 1.54) is 4.57 Å². The lowest BCUT2D eigenvalue weighted by molar-refractivity contribution is 0.0551. The molecule has 1 aliphatic heterocycles. The Labute approximate surface area is 215 Å². The first-order chi connectivity index (χ1) is 17.3. The Hall–Kier alpha value is -3.45. The Morgan fingerprint density at radius 1 is 1.08 bits per heavy atom. The van der Waals surface area contributed by atoms with Crippen LogP contribution in [0.5, 0.6) is 11.5 Å². The third kappa shape index (κ3) is 4.55. The molecular formula is C28H30ClN3O4. The van der Waals surface area contributed by atoms with Crippen molar-refractivity contribution in [1.29, 1.82) is 0 Å². The lowest BCUT2D eigenvalue weighted by atomic mass is 10.1. The molecule has 0 aliphatic carbocycles. The second-order valence-corrected chi connectivity index (χ2v) is 10.4. The Morgan fingerprint density at radius 2 is 1.81 bits per heavy atom. The van der Waals surface area contributed by atoms with E-state index in [1.54, 1.807) is 13.3 Å². The molecule has 1 aliphatic rings. The number of benzene rings is 2. The van der Waals surface area contributed by atoms with Gasteiger partial charge >= 0.3 is 6.09 Å². The Bertz CT molecular complexity index is 1420. The molecule has 7 nitrogen and oxygen atoms in total. The maximum atomic E-state index is 13.6. The second kappa shape index (κ2) is 9.54. The highest BCUT2D eigenvalue weighted by Crippen LogP contribution is 2.43. The van der Waals surface area contributed by atoms with E-state index in [0.29, 0.717) is 34.2 Å². The monoisotopic (exact) mass is 507 g/mol. The number of carbonyl (C=O) groups is 1. The molecule has 1 fully saturated rings. The molecule has 0 amide bonds. The van der Waals surface area contributed by atoms with Crippen LogP contribution in [0, 0.1) is 0 Å². The quantitative estimate of drug-likeness (QED) is 0.295. The molecule has 8 heteroatoms. The fourth-order valence-electron chi connectivity index (χ4n) is 4.66. The Kier molecular flexibility index (Phi) is 6.43. The summed E-state index contributed by atoms with van der Waals surface area (Å²) in [7, 11) is 1.61. The smallest absolute Gasteiger partial charge is 0.419 e. The lowest BCUT2D eigenvalue weighted by Crippen LogP contribution is -2.27. The third-order valence-electron chi connectivity index (χ3n) is 6.22. The van der Waals surface area contributed by atoms with Gasteiger partial charge in [-0.3, -0.25) is 0 Å². The van der Waals surface area contributed by atoms with Gasteiger partial charge in [-0.25, -0.2) is 14.3 Å². The highest BCUT2D eigenvalue weighted by atomic mass is 35.5. The summed E-state index contributed by atoms with van der Waals surface area (Å²) >= 11 is 6.71. The number of methoxy groups -OCH3 is 1. The molecule has 0 atom stereocenters. The van der Waals surface area contributed by atoms with E-state index in [4.69, 9.17) is 30.8 Å². The van der Waals surface area contributed by atoms with Crippen molar-refractivity contribution in [1.82, 2.24) is 9.55 Å². The number of nitrogens with zero attached hydrogens (tertiary/aromatic N) is 3. The predicted octanol–water partition coefficient (Wildman–Crippen LogP) is 6.81. The van der Waals surface area contributed by atoms with E-state index in [-0.39, 0.29) is 0 Å². The van der Waals surface area contributed by atoms with Gasteiger partial charge in [-0.1, -0.05) is 41.9 Å². The van der Waals surface area contributed by atoms with E-state index < -0.39 is 11.7 Å². The minimum absolute atomic E-state index is 0.358. The Balaban J connectivity index is 1.75. The maximum absolute atomic E-state index is 13.6. The minimum Gasteiger partial charge on any atom is -0.493 e. The molecule has 5 rings (SSSR count). The molecule has 0 bridgehead atoms. The molecule has 4 aromatic rings. The van der Waals surface area contributed by atoms with Crippen LogP contribution in [0.25, 0.3) is 21.8 Å². The lowest BCUT2D eigenvalue weighted by Gasteiger charge is -2.21. The maximum Gasteiger partial charge on any atom is 0.419 e. The van der Waals surface area contributed by atoms with Crippen LogP contribution in [0.2, 0.25) is 5.02 Å². The number of aromatic nitrogens is 2. The summed E-state index contributed by atoms with van der Waals surface area (Å²) in [6.07, 6.45) is 3.29. The summed E-state index contributed by atoms with van der Waals surface area (Å²) in [5.74, 6) is 1.89. The molecule has 2 aromatic carbocycles. The number of anilines is 1. The van der Waals surface area contributed by atoms with Gasteiger partial charge in [0.25, 0.3) is 0 Å². The minimum atomic E-state index is -0.684. The fraction of sp³-hybridized carbons (Fsp3) is 0.357. The van der Waals surface area contributed by atoms with Crippen LogP contribution in [-0.4, -0.2) is 41.4 Å². The summed E-state index contributed by atoms with van der Waals surface area (Å²) in [4.78, 5) is 20.5. The summed E-state index contributed by atoms with van der Waals surface area (Å²) < 4.78 is 19.2. The molecule has 1 saturated heterocycles. The third-order valence-corrected chi connectivity index (χ3v) is 6.50. The van der Waals surface area contributed by atoms with Crippen molar-refractivity contribution in [2.24, 2.45) is 0 Å². The van der Waals surface area contributed by atoms with E-state index >= 15 is 0 Å². The zero-order valence-electron chi connectivity index (χ0n) is 21.0. The molecule has 3 heterocycles. The van der Waals surface area contributed by atoms with Crippen molar-refractivity contribution in [3.05, 3.63) is 59.2 Å². The summed E-state index contributed by atoms with van der Waals surface area (Å²) in [5, 5.41) is 1.98. The van der Waals surface area contributed by atoms with Gasteiger partial charge in [0.15, 0.2) is 11.5 Å². The first kappa shape index (κ1) is 24.3. The number of pyridine rings is 1. The number of halogens is 1. The van der Waals surface area contributed by atoms with Crippen molar-refractivity contribution in [2.45, 2.75) is 45.8 Å². The highest BCUT2D eigenvalue weighted by Gasteiger charge is 2.29. The van der Waals surface area contributed by atoms with E-state index in [9.17, 15) is 4.79 Å². The largest absolute Gasteiger partial charge is 0.493 e. The van der Waals surface area contributed by atoms with Crippen LogP contribution in [0.4, 0.5) is 10.6 Å². The van der Waals surface area contributed by atoms with E-state index in [1.807, 2.05) is 63.2 Å². The van der Waals surface area contributed by atoms with E-state index in [2.05, 4.69) is 4.90 Å². The fourth-order valence-corrected chi connectivity index (χ4v) is 4.89. The van der Waals surface area contributed by atoms with E-state index in [0.717, 1.165) is 48.1 Å². The number of carbonyl (C=O) groups excluding carboxylic acids is 1. The van der Waals surface area contributed by atoms with Crippen molar-refractivity contribution in [2.75, 3.05) is 25.1 Å². The molecule has 0 saturated carbocycles. The summed E-state index contributed by atoms with van der Waals surface area (Å²) in [6, 6.07) is 13.6. The average Bonchev–Trinajstić information content (AvgIpc) is 3.49. The molecular weight excluding hydrogens is 478 g/mol. The molecule has 0 radical (unpaired) electrons. The molecule has 0 N–H and O–H groups in total. The predicted molar refractivity (Wildman–Crippen MR) is 143 cm³/mol. The van der Waals surface area contributed by atoms with Crippen molar-refractivity contribution < 1.29 is 19.0 Å². The molecule has 2 aromatic heterocycles. The number of rotatable bonds is 5. The number of ether oxygens (including phenoxy) is 3. The van der Waals surface area contributed by atoms with Gasteiger partial charge in [0.1, 0.15) is 18.0 Å². The normalized spacial score (nSPS) is 14.0. The van der Waals surface area contributed by atoms with Crippen LogP contribution in [0.3, 0.4) is 0 Å². The number of hydrogen-bond acceptors (Lipinski definition) is 6. The van der Waals surface area contributed by atoms with Crippen molar-refractivity contribution in [3.63, 3.8) is 0 Å². The topological polar surface area (TPSA) is 65.8 Å². The zero-order chi connectivity index (χ0) is 25.4. The van der Waals surface area contributed by atoms with Crippen LogP contribution in [-0.2, 0) is 11.3 Å². The first-order valence-electron chi connectivity index (χ1n) is 12.1. The summed E-state index contributed by atoms with van der Waals surface area (Å²) in [6.45, 7) is 7.69. The second-order valence-electron chi connectivity index (χ2n) is 9.96.